The molecule has 2 aromatic rings. The van der Waals surface area contributed by atoms with Crippen LogP contribution in [0.1, 0.15) is 29.9 Å². The number of hydrogen-bond donors (Lipinski definition) is 2. The predicted molar refractivity (Wildman–Crippen MR) is 85.1 cm³/mol. The van der Waals surface area contributed by atoms with E-state index in [2.05, 4.69) is 15.5 Å². The van der Waals surface area contributed by atoms with Crippen molar-refractivity contribution in [3.05, 3.63) is 41.3 Å². The summed E-state index contributed by atoms with van der Waals surface area (Å²) in [5, 5.41) is 7.17. The number of nitrogens with two attached hydrogens (primary N) is 1. The van der Waals surface area contributed by atoms with Crippen molar-refractivity contribution in [1.82, 2.24) is 5.16 Å². The van der Waals surface area contributed by atoms with E-state index in [1.165, 1.54) is 18.4 Å². The van der Waals surface area contributed by atoms with Crippen molar-refractivity contribution in [1.29, 1.82) is 0 Å². The van der Waals surface area contributed by atoms with E-state index in [9.17, 15) is 0 Å². The van der Waals surface area contributed by atoms with Gasteiger partial charge in [0, 0.05) is 23.7 Å². The molecular weight excluding hydrogens is 280 g/mol. The summed E-state index contributed by atoms with van der Waals surface area (Å²) < 4.78 is 10.5. The van der Waals surface area contributed by atoms with Crippen LogP contribution in [0.4, 0.5) is 5.69 Å². The molecular formula is C16H20N4O2. The van der Waals surface area contributed by atoms with E-state index in [4.69, 9.17) is 15.0 Å². The van der Waals surface area contributed by atoms with Gasteiger partial charge in [-0.1, -0.05) is 11.2 Å². The van der Waals surface area contributed by atoms with Crippen molar-refractivity contribution in [3.8, 4) is 5.75 Å². The number of fused-ring (bicyclic) bond motifs is 1. The first kappa shape index (κ1) is 14.4. The number of methoxy groups -OCH3 is 1. The third-order valence-electron chi connectivity index (χ3n) is 3.77. The van der Waals surface area contributed by atoms with Gasteiger partial charge in [-0.2, -0.15) is 0 Å². The Morgan fingerprint density at radius 2 is 2.27 bits per heavy atom. The van der Waals surface area contributed by atoms with Crippen LogP contribution in [0.25, 0.3) is 0 Å². The first-order valence-electron chi connectivity index (χ1n) is 7.43. The van der Waals surface area contributed by atoms with Gasteiger partial charge in [0.15, 0.2) is 5.96 Å². The van der Waals surface area contributed by atoms with Crippen LogP contribution in [-0.4, -0.2) is 18.2 Å². The summed E-state index contributed by atoms with van der Waals surface area (Å²) in [4.78, 5) is 4.35. The lowest BCUT2D eigenvalue weighted by molar-refractivity contribution is 0.368. The lowest BCUT2D eigenvalue weighted by Crippen LogP contribution is -2.22. The number of ether oxygens (including phenoxy) is 1. The van der Waals surface area contributed by atoms with Crippen LogP contribution in [-0.2, 0) is 19.4 Å². The first-order valence-corrected chi connectivity index (χ1v) is 7.43. The normalized spacial score (nSPS) is 14.5. The van der Waals surface area contributed by atoms with Gasteiger partial charge in [-0.15, -0.1) is 0 Å². The van der Waals surface area contributed by atoms with Gasteiger partial charge < -0.3 is 20.3 Å². The van der Waals surface area contributed by atoms with Gasteiger partial charge >= 0.3 is 0 Å². The summed E-state index contributed by atoms with van der Waals surface area (Å²) in [6, 6.07) is 7.53. The average Bonchev–Trinajstić information content (AvgIpc) is 2.96. The standard InChI is InChI=1S/C16H20N4O2/c1-21-12-6-4-5-11(9-12)19-16(17)18-10-14-13-7-2-3-8-15(13)22-20-14/h4-6,9H,2-3,7-8,10H2,1H3,(H3,17,18,19). The van der Waals surface area contributed by atoms with Gasteiger partial charge in [0.25, 0.3) is 0 Å². The SMILES string of the molecule is COc1cccc(NC(N)=NCc2noc3c2CCCC3)c1. The maximum absolute atomic E-state index is 5.93. The lowest BCUT2D eigenvalue weighted by Gasteiger charge is -2.09. The van der Waals surface area contributed by atoms with Crippen LogP contribution in [0.15, 0.2) is 33.8 Å². The minimum Gasteiger partial charge on any atom is -0.497 e. The predicted octanol–water partition coefficient (Wildman–Crippen LogP) is 2.49. The summed E-state index contributed by atoms with van der Waals surface area (Å²) in [5.74, 6) is 2.12. The molecule has 0 bridgehead atoms. The zero-order valence-electron chi connectivity index (χ0n) is 12.6. The molecule has 0 spiro atoms. The third-order valence-corrected chi connectivity index (χ3v) is 3.77. The maximum atomic E-state index is 5.93. The number of aromatic nitrogens is 1. The van der Waals surface area contributed by atoms with E-state index in [-0.39, 0.29) is 0 Å². The first-order chi connectivity index (χ1) is 10.8. The van der Waals surface area contributed by atoms with Crippen LogP contribution in [0, 0.1) is 0 Å². The Labute approximate surface area is 129 Å². The summed E-state index contributed by atoms with van der Waals surface area (Å²) in [6.45, 7) is 0.432. The van der Waals surface area contributed by atoms with Crippen LogP contribution in [0.5, 0.6) is 5.75 Å². The number of aliphatic imine (C=N–C) groups is 1. The molecule has 1 aromatic carbocycles. The van der Waals surface area contributed by atoms with Crippen molar-refractivity contribution < 1.29 is 9.26 Å². The Balaban J connectivity index is 1.66. The van der Waals surface area contributed by atoms with Crippen molar-refractivity contribution >= 4 is 11.6 Å². The largest absolute Gasteiger partial charge is 0.497 e. The number of aryl methyl sites for hydroxylation is 1. The molecule has 3 rings (SSSR count). The highest BCUT2D eigenvalue weighted by atomic mass is 16.5. The minimum absolute atomic E-state index is 0.348. The molecule has 0 amide bonds. The number of nitrogens with zero attached hydrogens (tertiary/aromatic N) is 2. The van der Waals surface area contributed by atoms with Gasteiger partial charge in [0.1, 0.15) is 17.2 Å². The zero-order chi connectivity index (χ0) is 15.4. The van der Waals surface area contributed by atoms with Crippen LogP contribution < -0.4 is 15.8 Å². The topological polar surface area (TPSA) is 85.7 Å². The highest BCUT2D eigenvalue weighted by Crippen LogP contribution is 2.24. The molecule has 116 valence electrons. The van der Waals surface area contributed by atoms with E-state index >= 15 is 0 Å². The lowest BCUT2D eigenvalue weighted by atomic mass is 9.96. The van der Waals surface area contributed by atoms with Gasteiger partial charge in [-0.05, 0) is 31.4 Å². The molecule has 1 aromatic heterocycles. The number of rotatable bonds is 4. The van der Waals surface area contributed by atoms with Gasteiger partial charge in [0.2, 0.25) is 0 Å². The molecule has 22 heavy (non-hydrogen) atoms. The third kappa shape index (κ3) is 3.21. The van der Waals surface area contributed by atoms with E-state index < -0.39 is 0 Å². The van der Waals surface area contributed by atoms with E-state index in [1.54, 1.807) is 7.11 Å². The van der Waals surface area contributed by atoms with Crippen LogP contribution in [0.2, 0.25) is 0 Å². The molecule has 0 atom stereocenters. The fourth-order valence-corrected chi connectivity index (χ4v) is 2.62. The highest BCUT2D eigenvalue weighted by Gasteiger charge is 2.18. The Morgan fingerprint density at radius 1 is 1.41 bits per heavy atom. The molecule has 6 heteroatoms. The van der Waals surface area contributed by atoms with Gasteiger partial charge in [-0.3, -0.25) is 0 Å². The van der Waals surface area contributed by atoms with E-state index in [0.29, 0.717) is 12.5 Å². The molecule has 0 unspecified atom stereocenters. The van der Waals surface area contributed by atoms with Crippen molar-refractivity contribution in [2.75, 3.05) is 12.4 Å². The van der Waals surface area contributed by atoms with Crippen molar-refractivity contribution in [2.45, 2.75) is 32.2 Å². The quantitative estimate of drug-likeness (QED) is 0.669. The molecule has 3 N–H and O–H groups in total. The molecule has 0 saturated carbocycles. The van der Waals surface area contributed by atoms with Crippen molar-refractivity contribution in [3.63, 3.8) is 0 Å². The second-order valence-electron chi connectivity index (χ2n) is 5.30. The second kappa shape index (κ2) is 6.51. The second-order valence-corrected chi connectivity index (χ2v) is 5.30. The molecule has 0 radical (unpaired) electrons. The molecule has 0 saturated heterocycles. The fraction of sp³-hybridized carbons (Fsp3) is 0.375. The summed E-state index contributed by atoms with van der Waals surface area (Å²) in [7, 11) is 1.63. The van der Waals surface area contributed by atoms with Crippen LogP contribution >= 0.6 is 0 Å². The molecule has 1 heterocycles. The summed E-state index contributed by atoms with van der Waals surface area (Å²) in [5.41, 5.74) is 8.87. The van der Waals surface area contributed by atoms with Gasteiger partial charge in [-0.25, -0.2) is 4.99 Å². The minimum atomic E-state index is 0.348. The van der Waals surface area contributed by atoms with E-state index in [0.717, 1.165) is 35.7 Å². The van der Waals surface area contributed by atoms with Crippen molar-refractivity contribution in [2.24, 2.45) is 10.7 Å². The number of anilines is 1. The monoisotopic (exact) mass is 300 g/mol. The molecule has 0 aliphatic heterocycles. The Kier molecular flexibility index (Phi) is 4.27. The molecule has 1 aliphatic carbocycles. The molecule has 0 fully saturated rings. The molecule has 6 nitrogen and oxygen atoms in total. The summed E-state index contributed by atoms with van der Waals surface area (Å²) in [6.07, 6.45) is 4.35. The molecule has 1 aliphatic rings. The maximum Gasteiger partial charge on any atom is 0.193 e. The van der Waals surface area contributed by atoms with Crippen LogP contribution in [0.3, 0.4) is 0 Å². The number of guanidine groups is 1. The fourth-order valence-electron chi connectivity index (χ4n) is 2.62. The van der Waals surface area contributed by atoms with E-state index in [1.807, 2.05) is 24.3 Å². The summed E-state index contributed by atoms with van der Waals surface area (Å²) >= 11 is 0. The smallest absolute Gasteiger partial charge is 0.193 e. The zero-order valence-corrected chi connectivity index (χ0v) is 12.6. The number of nitrogens with one attached hydrogen (secondary N) is 1. The van der Waals surface area contributed by atoms with Gasteiger partial charge in [0.05, 0.1) is 13.7 Å². The Hall–Kier alpha value is -2.50. The Morgan fingerprint density at radius 3 is 3.14 bits per heavy atom. The highest BCUT2D eigenvalue weighted by molar-refractivity contribution is 5.92. The number of hydrogen-bond acceptors (Lipinski definition) is 4. The number of benzene rings is 1. The average molecular weight is 300 g/mol. The Bertz CT molecular complexity index is 679.